The van der Waals surface area contributed by atoms with Crippen molar-refractivity contribution in [3.8, 4) is 0 Å². The predicted octanol–water partition coefficient (Wildman–Crippen LogP) is 3.05. The minimum atomic E-state index is -4.40. The number of halogens is 3. The molecule has 29 heavy (non-hydrogen) atoms. The van der Waals surface area contributed by atoms with E-state index in [1.807, 2.05) is 13.1 Å². The van der Waals surface area contributed by atoms with Crippen LogP contribution in [0.15, 0.2) is 35.5 Å². The lowest BCUT2D eigenvalue weighted by Crippen LogP contribution is -2.42. The lowest BCUT2D eigenvalue weighted by Gasteiger charge is -2.14. The predicted molar refractivity (Wildman–Crippen MR) is 108 cm³/mol. The number of rotatable bonds is 7. The van der Waals surface area contributed by atoms with Crippen molar-refractivity contribution in [2.24, 2.45) is 4.99 Å². The second-order valence-electron chi connectivity index (χ2n) is 6.43. The van der Waals surface area contributed by atoms with E-state index in [2.05, 4.69) is 20.6 Å². The molecule has 1 aromatic carbocycles. The summed E-state index contributed by atoms with van der Waals surface area (Å²) >= 11 is 1.57. The maximum Gasteiger partial charge on any atom is 0.416 e. The van der Waals surface area contributed by atoms with Crippen molar-refractivity contribution in [3.63, 3.8) is 0 Å². The van der Waals surface area contributed by atoms with Gasteiger partial charge in [-0.1, -0.05) is 19.1 Å². The molecule has 158 valence electrons. The molecular formula is C19H24F3N5OS. The molecule has 0 saturated heterocycles. The third-order valence-corrected chi connectivity index (χ3v) is 5.08. The summed E-state index contributed by atoms with van der Waals surface area (Å²) in [6, 6.07) is 5.02. The highest BCUT2D eigenvalue weighted by Crippen LogP contribution is 2.29. The first-order valence-electron chi connectivity index (χ1n) is 9.01. The highest BCUT2D eigenvalue weighted by Gasteiger charge is 2.30. The Kier molecular flexibility index (Phi) is 8.00. The summed E-state index contributed by atoms with van der Waals surface area (Å²) in [5, 5.41) is 6.84. The third-order valence-electron chi connectivity index (χ3n) is 3.94. The van der Waals surface area contributed by atoms with Gasteiger partial charge in [0.2, 0.25) is 5.91 Å². The van der Waals surface area contributed by atoms with Gasteiger partial charge in [-0.3, -0.25) is 4.79 Å². The summed E-state index contributed by atoms with van der Waals surface area (Å²) < 4.78 is 38.6. The van der Waals surface area contributed by atoms with E-state index >= 15 is 0 Å². The smallest absolute Gasteiger partial charge is 0.350 e. The minimum Gasteiger partial charge on any atom is -0.350 e. The second-order valence-corrected chi connectivity index (χ2v) is 7.63. The number of likely N-dealkylation sites (N-methyl/N-ethyl adjacent to an activating group) is 1. The van der Waals surface area contributed by atoms with E-state index in [0.29, 0.717) is 18.1 Å². The van der Waals surface area contributed by atoms with Gasteiger partial charge in [0.05, 0.1) is 25.2 Å². The summed E-state index contributed by atoms with van der Waals surface area (Å²) in [7, 11) is 3.28. The summed E-state index contributed by atoms with van der Waals surface area (Å²) in [6.07, 6.45) is -1.70. The number of hydrogen-bond acceptors (Lipinski definition) is 4. The van der Waals surface area contributed by atoms with Gasteiger partial charge in [-0.2, -0.15) is 13.2 Å². The normalized spacial score (nSPS) is 12.0. The van der Waals surface area contributed by atoms with Gasteiger partial charge in [0.1, 0.15) is 5.01 Å². The fraction of sp³-hybridized carbons (Fsp3) is 0.421. The standard InChI is InChI=1S/C19H24F3N5OS/c1-4-15-10-23-16(29-15)11-25-18(26-12-17(28)27(2)3)24-9-13-6-5-7-14(8-13)19(20,21)22/h5-8,10H,4,9,11-12H2,1-3H3,(H2,24,25,26). The van der Waals surface area contributed by atoms with Gasteiger partial charge in [0.25, 0.3) is 0 Å². The number of aryl methyl sites for hydroxylation is 1. The zero-order valence-electron chi connectivity index (χ0n) is 16.5. The minimum absolute atomic E-state index is 0.0134. The number of amides is 1. The van der Waals surface area contributed by atoms with Gasteiger partial charge >= 0.3 is 6.18 Å². The Hall–Kier alpha value is -2.62. The van der Waals surface area contributed by atoms with Gasteiger partial charge in [0.15, 0.2) is 5.96 Å². The van der Waals surface area contributed by atoms with Crippen molar-refractivity contribution in [3.05, 3.63) is 51.5 Å². The van der Waals surface area contributed by atoms with Crippen LogP contribution in [0.2, 0.25) is 0 Å². The van der Waals surface area contributed by atoms with Gasteiger partial charge in [-0.15, -0.1) is 11.3 Å². The van der Waals surface area contributed by atoms with Crippen LogP contribution >= 0.6 is 11.3 Å². The van der Waals surface area contributed by atoms with Gasteiger partial charge in [-0.25, -0.2) is 9.98 Å². The Labute approximate surface area is 171 Å². The number of nitrogens with one attached hydrogen (secondary N) is 2. The summed E-state index contributed by atoms with van der Waals surface area (Å²) in [5.41, 5.74) is -0.298. The highest BCUT2D eigenvalue weighted by molar-refractivity contribution is 7.11. The maximum absolute atomic E-state index is 12.9. The number of guanidine groups is 1. The van der Waals surface area contributed by atoms with E-state index in [-0.39, 0.29) is 19.0 Å². The molecule has 0 aliphatic heterocycles. The number of aliphatic imine (C=N–C) groups is 1. The van der Waals surface area contributed by atoms with Crippen molar-refractivity contribution in [2.45, 2.75) is 32.6 Å². The molecule has 10 heteroatoms. The Morgan fingerprint density at radius 3 is 2.66 bits per heavy atom. The van der Waals surface area contributed by atoms with Crippen LogP contribution in [0.3, 0.4) is 0 Å². The molecule has 0 bridgehead atoms. The Morgan fingerprint density at radius 1 is 1.28 bits per heavy atom. The SMILES string of the molecule is CCc1cnc(CNC(=NCc2cccc(C(F)(F)F)c2)NCC(=O)N(C)C)s1. The quantitative estimate of drug-likeness (QED) is 0.527. The number of thiazole rings is 1. The monoisotopic (exact) mass is 427 g/mol. The Morgan fingerprint density at radius 2 is 2.03 bits per heavy atom. The molecule has 6 nitrogen and oxygen atoms in total. The molecule has 0 atom stereocenters. The molecule has 0 radical (unpaired) electrons. The Bertz CT molecular complexity index is 848. The number of nitrogens with zero attached hydrogens (tertiary/aromatic N) is 3. The summed E-state index contributed by atoms with van der Waals surface area (Å²) in [5.74, 6) is 0.173. The van der Waals surface area contributed by atoms with Crippen molar-refractivity contribution >= 4 is 23.2 Å². The number of carbonyl (C=O) groups excluding carboxylic acids is 1. The fourth-order valence-electron chi connectivity index (χ4n) is 2.26. The van der Waals surface area contributed by atoms with Crippen molar-refractivity contribution in [1.82, 2.24) is 20.5 Å². The van der Waals surface area contributed by atoms with Crippen molar-refractivity contribution in [2.75, 3.05) is 20.6 Å². The Balaban J connectivity index is 2.09. The number of alkyl halides is 3. The first-order chi connectivity index (χ1) is 13.7. The van der Waals surface area contributed by atoms with E-state index in [0.717, 1.165) is 28.4 Å². The van der Waals surface area contributed by atoms with E-state index in [1.165, 1.54) is 11.0 Å². The zero-order chi connectivity index (χ0) is 21.4. The molecule has 2 aromatic rings. The van der Waals surface area contributed by atoms with Crippen molar-refractivity contribution in [1.29, 1.82) is 0 Å². The van der Waals surface area contributed by atoms with Gasteiger partial charge < -0.3 is 15.5 Å². The van der Waals surface area contributed by atoms with Gasteiger partial charge in [-0.05, 0) is 24.1 Å². The molecule has 0 aliphatic carbocycles. The van der Waals surface area contributed by atoms with Crippen LogP contribution in [0.5, 0.6) is 0 Å². The molecule has 0 spiro atoms. The van der Waals surface area contributed by atoms with Crippen LogP contribution in [-0.4, -0.2) is 42.4 Å². The molecule has 1 aromatic heterocycles. The molecule has 0 fully saturated rings. The molecule has 2 rings (SSSR count). The number of hydrogen-bond donors (Lipinski definition) is 2. The third kappa shape index (κ3) is 7.37. The average Bonchev–Trinajstić information content (AvgIpc) is 3.14. The lowest BCUT2D eigenvalue weighted by molar-refractivity contribution is -0.137. The molecule has 0 unspecified atom stereocenters. The number of aromatic nitrogens is 1. The maximum atomic E-state index is 12.9. The number of benzene rings is 1. The average molecular weight is 427 g/mol. The molecule has 0 aliphatic rings. The fourth-order valence-corrected chi connectivity index (χ4v) is 3.06. The van der Waals surface area contributed by atoms with Crippen LogP contribution in [-0.2, 0) is 30.5 Å². The van der Waals surface area contributed by atoms with E-state index in [4.69, 9.17) is 0 Å². The van der Waals surface area contributed by atoms with Crippen LogP contribution in [0.1, 0.15) is 27.9 Å². The second kappa shape index (κ2) is 10.2. The van der Waals surface area contributed by atoms with E-state index in [9.17, 15) is 18.0 Å². The largest absolute Gasteiger partial charge is 0.416 e. The van der Waals surface area contributed by atoms with E-state index in [1.54, 1.807) is 31.5 Å². The van der Waals surface area contributed by atoms with Crippen LogP contribution in [0, 0.1) is 0 Å². The molecule has 1 heterocycles. The van der Waals surface area contributed by atoms with Crippen LogP contribution in [0.25, 0.3) is 0 Å². The summed E-state index contributed by atoms with van der Waals surface area (Å²) in [4.78, 5) is 23.1. The molecule has 2 N–H and O–H groups in total. The zero-order valence-corrected chi connectivity index (χ0v) is 17.3. The van der Waals surface area contributed by atoms with Crippen LogP contribution < -0.4 is 10.6 Å². The molecule has 0 saturated carbocycles. The molecular weight excluding hydrogens is 403 g/mol. The van der Waals surface area contributed by atoms with Crippen LogP contribution in [0.4, 0.5) is 13.2 Å². The summed E-state index contributed by atoms with van der Waals surface area (Å²) in [6.45, 7) is 2.49. The molecule has 1 amide bonds. The van der Waals surface area contributed by atoms with Crippen molar-refractivity contribution < 1.29 is 18.0 Å². The first-order valence-corrected chi connectivity index (χ1v) is 9.82. The first kappa shape index (κ1) is 22.7. The highest BCUT2D eigenvalue weighted by atomic mass is 32.1. The lowest BCUT2D eigenvalue weighted by atomic mass is 10.1. The topological polar surface area (TPSA) is 69.6 Å². The van der Waals surface area contributed by atoms with Gasteiger partial charge in [0, 0.05) is 25.2 Å². The van der Waals surface area contributed by atoms with E-state index < -0.39 is 11.7 Å². The number of carbonyl (C=O) groups is 1.